The summed E-state index contributed by atoms with van der Waals surface area (Å²) in [6.07, 6.45) is 2.85. The summed E-state index contributed by atoms with van der Waals surface area (Å²) >= 11 is 0. The maximum absolute atomic E-state index is 10.5. The number of hydrogen-bond donors (Lipinski definition) is 3. The van der Waals surface area contributed by atoms with E-state index in [2.05, 4.69) is 0 Å². The third-order valence-electron chi connectivity index (χ3n) is 4.33. The van der Waals surface area contributed by atoms with Crippen LogP contribution in [-0.2, 0) is 0 Å². The average Bonchev–Trinajstić information content (AvgIpc) is 2.27. The third kappa shape index (κ3) is 3.01. The van der Waals surface area contributed by atoms with Crippen LogP contribution in [0.3, 0.4) is 0 Å². The molecule has 2 atom stereocenters. The molecule has 0 aromatic rings. The molecule has 3 heteroatoms. The second kappa shape index (κ2) is 5.25. The molecule has 1 aliphatic carbocycles. The summed E-state index contributed by atoms with van der Waals surface area (Å²) in [6.45, 7) is 7.55. The van der Waals surface area contributed by atoms with Gasteiger partial charge < -0.3 is 15.3 Å². The van der Waals surface area contributed by atoms with Gasteiger partial charge in [-0.25, -0.2) is 0 Å². The van der Waals surface area contributed by atoms with Gasteiger partial charge in [0.05, 0.1) is 17.8 Å². The molecule has 0 amide bonds. The summed E-state index contributed by atoms with van der Waals surface area (Å²) in [5.74, 6) is 0.0758. The van der Waals surface area contributed by atoms with Crippen LogP contribution in [0.25, 0.3) is 0 Å². The minimum Gasteiger partial charge on any atom is -0.392 e. The maximum atomic E-state index is 10.5. The van der Waals surface area contributed by atoms with Gasteiger partial charge in [0.25, 0.3) is 0 Å². The van der Waals surface area contributed by atoms with Gasteiger partial charge >= 0.3 is 0 Å². The lowest BCUT2D eigenvalue weighted by Crippen LogP contribution is -2.56. The Labute approximate surface area is 105 Å². The second-order valence-corrected chi connectivity index (χ2v) is 6.58. The predicted octanol–water partition coefficient (Wildman–Crippen LogP) is 2.09. The Balaban J connectivity index is 2.82. The van der Waals surface area contributed by atoms with E-state index >= 15 is 0 Å². The lowest BCUT2D eigenvalue weighted by atomic mass is 9.66. The van der Waals surface area contributed by atoms with Crippen molar-refractivity contribution in [3.8, 4) is 0 Å². The molecule has 17 heavy (non-hydrogen) atoms. The minimum absolute atomic E-state index is 0.0758. The van der Waals surface area contributed by atoms with E-state index < -0.39 is 23.2 Å². The van der Waals surface area contributed by atoms with Crippen molar-refractivity contribution in [2.24, 2.45) is 11.3 Å². The molecule has 2 unspecified atom stereocenters. The highest BCUT2D eigenvalue weighted by Gasteiger charge is 2.48. The van der Waals surface area contributed by atoms with E-state index in [-0.39, 0.29) is 5.92 Å². The summed E-state index contributed by atoms with van der Waals surface area (Å²) in [7, 11) is 0. The van der Waals surface area contributed by atoms with Crippen LogP contribution in [0.2, 0.25) is 0 Å². The molecule has 1 rings (SSSR count). The molecule has 1 fully saturated rings. The van der Waals surface area contributed by atoms with Gasteiger partial charge in [-0.3, -0.25) is 0 Å². The van der Waals surface area contributed by atoms with Crippen LogP contribution in [0.15, 0.2) is 0 Å². The van der Waals surface area contributed by atoms with Crippen LogP contribution in [0.5, 0.6) is 0 Å². The van der Waals surface area contributed by atoms with Crippen molar-refractivity contribution in [1.29, 1.82) is 0 Å². The topological polar surface area (TPSA) is 60.7 Å². The van der Waals surface area contributed by atoms with E-state index in [4.69, 9.17) is 0 Å². The van der Waals surface area contributed by atoms with Crippen LogP contribution in [0.4, 0.5) is 0 Å². The number of hydrogen-bond acceptors (Lipinski definition) is 3. The molecule has 0 spiro atoms. The zero-order valence-corrected chi connectivity index (χ0v) is 11.6. The summed E-state index contributed by atoms with van der Waals surface area (Å²) in [5, 5.41) is 31.2. The van der Waals surface area contributed by atoms with Gasteiger partial charge in [-0.2, -0.15) is 0 Å². The molecular weight excluding hydrogens is 216 g/mol. The van der Waals surface area contributed by atoms with Gasteiger partial charge in [-0.05, 0) is 18.8 Å². The van der Waals surface area contributed by atoms with Crippen LogP contribution in [0.1, 0.15) is 59.8 Å². The number of aliphatic hydroxyl groups is 3. The average molecular weight is 244 g/mol. The van der Waals surface area contributed by atoms with E-state index in [0.717, 1.165) is 19.3 Å². The van der Waals surface area contributed by atoms with E-state index in [1.54, 1.807) is 0 Å². The van der Waals surface area contributed by atoms with Crippen molar-refractivity contribution in [2.45, 2.75) is 77.6 Å². The summed E-state index contributed by atoms with van der Waals surface area (Å²) in [4.78, 5) is 0. The smallest absolute Gasteiger partial charge is 0.0911 e. The molecule has 1 aliphatic rings. The quantitative estimate of drug-likeness (QED) is 0.709. The highest BCUT2D eigenvalue weighted by Crippen LogP contribution is 2.41. The molecule has 0 aromatic heterocycles. The monoisotopic (exact) mass is 244 g/mol. The van der Waals surface area contributed by atoms with Crippen molar-refractivity contribution in [3.05, 3.63) is 0 Å². The molecule has 1 saturated carbocycles. The predicted molar refractivity (Wildman–Crippen MR) is 68.7 cm³/mol. The molecule has 0 aromatic carbocycles. The Morgan fingerprint density at radius 3 is 1.88 bits per heavy atom. The molecule has 0 saturated heterocycles. The third-order valence-corrected chi connectivity index (χ3v) is 4.33. The first-order chi connectivity index (χ1) is 7.72. The Kier molecular flexibility index (Phi) is 4.61. The molecule has 0 bridgehead atoms. The first-order valence-corrected chi connectivity index (χ1v) is 6.80. The highest BCUT2D eigenvalue weighted by molar-refractivity contribution is 4.99. The van der Waals surface area contributed by atoms with E-state index in [0.29, 0.717) is 12.8 Å². The van der Waals surface area contributed by atoms with Crippen molar-refractivity contribution in [2.75, 3.05) is 0 Å². The van der Waals surface area contributed by atoms with Crippen molar-refractivity contribution in [3.63, 3.8) is 0 Å². The molecular formula is C14H28O3. The zero-order chi connectivity index (χ0) is 13.3. The van der Waals surface area contributed by atoms with Gasteiger partial charge in [0.1, 0.15) is 0 Å². The number of rotatable bonds is 4. The van der Waals surface area contributed by atoms with Gasteiger partial charge in [0.15, 0.2) is 0 Å². The van der Waals surface area contributed by atoms with Crippen LogP contribution in [0, 0.1) is 11.3 Å². The maximum Gasteiger partial charge on any atom is 0.0911 e. The highest BCUT2D eigenvalue weighted by atomic mass is 16.3. The fourth-order valence-corrected chi connectivity index (χ4v) is 3.15. The Morgan fingerprint density at radius 1 is 1.00 bits per heavy atom. The van der Waals surface area contributed by atoms with E-state index in [9.17, 15) is 15.3 Å². The molecule has 3 nitrogen and oxygen atoms in total. The van der Waals surface area contributed by atoms with Gasteiger partial charge in [-0.1, -0.05) is 47.0 Å². The molecule has 102 valence electrons. The molecule has 3 N–H and O–H groups in total. The van der Waals surface area contributed by atoms with Crippen molar-refractivity contribution < 1.29 is 15.3 Å². The zero-order valence-electron chi connectivity index (χ0n) is 11.6. The van der Waals surface area contributed by atoms with Crippen LogP contribution in [-0.4, -0.2) is 33.1 Å². The summed E-state index contributed by atoms with van der Waals surface area (Å²) in [6, 6.07) is 0. The normalized spacial score (nSPS) is 24.7. The molecule has 0 heterocycles. The summed E-state index contributed by atoms with van der Waals surface area (Å²) < 4.78 is 0. The van der Waals surface area contributed by atoms with Gasteiger partial charge in [0, 0.05) is 5.41 Å². The van der Waals surface area contributed by atoms with Crippen LogP contribution < -0.4 is 0 Å². The Morgan fingerprint density at radius 2 is 1.47 bits per heavy atom. The SMILES string of the molecule is CC(C)C(O)C(C)(C)C(O)C1(O)CCCCC1. The lowest BCUT2D eigenvalue weighted by Gasteiger charge is -2.46. The first-order valence-electron chi connectivity index (χ1n) is 6.80. The molecule has 0 radical (unpaired) electrons. The summed E-state index contributed by atoms with van der Waals surface area (Å²) in [5.41, 5.74) is -1.70. The minimum atomic E-state index is -1.02. The first kappa shape index (κ1) is 14.9. The molecule has 0 aliphatic heterocycles. The number of aliphatic hydroxyl groups excluding tert-OH is 2. The lowest BCUT2D eigenvalue weighted by molar-refractivity contribution is -0.174. The standard InChI is InChI=1S/C14H28O3/c1-10(2)11(15)13(3,4)12(16)14(17)8-6-5-7-9-14/h10-12,15-17H,5-9H2,1-4H3. The Hall–Kier alpha value is -0.120. The van der Waals surface area contributed by atoms with Gasteiger partial charge in [-0.15, -0.1) is 0 Å². The fourth-order valence-electron chi connectivity index (χ4n) is 3.15. The van der Waals surface area contributed by atoms with E-state index in [1.165, 1.54) is 0 Å². The second-order valence-electron chi connectivity index (χ2n) is 6.58. The Bertz CT molecular complexity index is 242. The van der Waals surface area contributed by atoms with Crippen molar-refractivity contribution in [1.82, 2.24) is 0 Å². The van der Waals surface area contributed by atoms with Gasteiger partial charge in [0.2, 0.25) is 0 Å². The van der Waals surface area contributed by atoms with Crippen molar-refractivity contribution >= 4 is 0 Å². The largest absolute Gasteiger partial charge is 0.392 e. The van der Waals surface area contributed by atoms with Crippen LogP contribution >= 0.6 is 0 Å². The fraction of sp³-hybridized carbons (Fsp3) is 1.00. The van der Waals surface area contributed by atoms with E-state index in [1.807, 2.05) is 27.7 Å².